The van der Waals surface area contributed by atoms with Crippen LogP contribution in [0.15, 0.2) is 109 Å². The SMILES string of the molecule is CC/C=C\C/C=C\C/C=C\C/C=C\C/C=C\C/C=C\C/C=C\C/C=C\C/C=C\CCCCCCCC(=O)OC(COC(=O)CCCCCCCCCCCCCCCCCCCCCCCCCCCCCCCC)COC(OCC[N+](C)(C)C)C(=O)[O-]. The summed E-state index contributed by atoms with van der Waals surface area (Å²) in [6.07, 6.45) is 93.3. The first-order valence-corrected chi connectivity index (χ1v) is 36.5. The molecule has 0 aromatic rings. The largest absolute Gasteiger partial charge is 0.545 e. The number of hydrogen-bond donors (Lipinski definition) is 0. The molecule has 0 fully saturated rings. The Morgan fingerprint density at radius 1 is 0.352 bits per heavy atom. The highest BCUT2D eigenvalue weighted by Gasteiger charge is 2.22. The van der Waals surface area contributed by atoms with Crippen LogP contribution in [0.5, 0.6) is 0 Å². The molecule has 0 rings (SSSR count). The third-order valence-corrected chi connectivity index (χ3v) is 15.8. The first kappa shape index (κ1) is 84.0. The van der Waals surface area contributed by atoms with Crippen LogP contribution in [0, 0.1) is 0 Å². The fourth-order valence-electron chi connectivity index (χ4n) is 10.2. The lowest BCUT2D eigenvalue weighted by atomic mass is 10.0. The highest BCUT2D eigenvalue weighted by atomic mass is 16.7. The number of rotatable bonds is 67. The number of ether oxygens (including phenoxy) is 4. The summed E-state index contributed by atoms with van der Waals surface area (Å²) < 4.78 is 22.8. The molecular weight excluding hydrogens is 1090 g/mol. The molecular formula is C79H137NO8. The molecule has 0 N–H and O–H groups in total. The molecule has 0 spiro atoms. The number of quaternary nitrogens is 1. The molecule has 0 radical (unpaired) electrons. The maximum absolute atomic E-state index is 12.9. The highest BCUT2D eigenvalue weighted by molar-refractivity contribution is 5.70. The molecule has 0 saturated heterocycles. The summed E-state index contributed by atoms with van der Waals surface area (Å²) in [5.74, 6) is -2.30. The Bertz CT molecular complexity index is 1810. The molecule has 0 aliphatic carbocycles. The van der Waals surface area contributed by atoms with E-state index in [1.807, 2.05) is 21.1 Å². The second-order valence-corrected chi connectivity index (χ2v) is 25.5. The molecule has 506 valence electrons. The van der Waals surface area contributed by atoms with Gasteiger partial charge in [-0.2, -0.15) is 0 Å². The van der Waals surface area contributed by atoms with Gasteiger partial charge in [0.1, 0.15) is 13.2 Å². The molecule has 0 saturated carbocycles. The third kappa shape index (κ3) is 69.4. The molecule has 9 nitrogen and oxygen atoms in total. The van der Waals surface area contributed by atoms with Crippen molar-refractivity contribution in [3.63, 3.8) is 0 Å². The number of hydrogen-bond acceptors (Lipinski definition) is 8. The number of carbonyl (C=O) groups excluding carboxylic acids is 3. The van der Waals surface area contributed by atoms with Gasteiger partial charge in [0.25, 0.3) is 0 Å². The fraction of sp³-hybridized carbons (Fsp3) is 0.734. The van der Waals surface area contributed by atoms with Crippen molar-refractivity contribution in [2.75, 3.05) is 47.5 Å². The lowest BCUT2D eigenvalue weighted by Crippen LogP contribution is -2.44. The minimum absolute atomic E-state index is 0.140. The Labute approximate surface area is 543 Å². The summed E-state index contributed by atoms with van der Waals surface area (Å²) in [5.41, 5.74) is 0. The molecule has 0 amide bonds. The van der Waals surface area contributed by atoms with Gasteiger partial charge < -0.3 is 33.3 Å². The first-order valence-electron chi connectivity index (χ1n) is 36.5. The van der Waals surface area contributed by atoms with Crippen molar-refractivity contribution in [2.45, 2.75) is 328 Å². The Hall–Kier alpha value is -4.05. The fourth-order valence-corrected chi connectivity index (χ4v) is 10.2. The summed E-state index contributed by atoms with van der Waals surface area (Å²) in [6, 6.07) is 0. The third-order valence-electron chi connectivity index (χ3n) is 15.8. The molecule has 2 unspecified atom stereocenters. The summed E-state index contributed by atoms with van der Waals surface area (Å²) >= 11 is 0. The van der Waals surface area contributed by atoms with Crippen molar-refractivity contribution in [2.24, 2.45) is 0 Å². The maximum Gasteiger partial charge on any atom is 0.306 e. The minimum atomic E-state index is -1.63. The lowest BCUT2D eigenvalue weighted by molar-refractivity contribution is -0.870. The van der Waals surface area contributed by atoms with Gasteiger partial charge in [-0.25, -0.2) is 0 Å². The van der Waals surface area contributed by atoms with Crippen LogP contribution in [0.1, 0.15) is 316 Å². The van der Waals surface area contributed by atoms with Crippen molar-refractivity contribution in [1.29, 1.82) is 0 Å². The van der Waals surface area contributed by atoms with E-state index in [1.165, 1.54) is 173 Å². The van der Waals surface area contributed by atoms with Crippen LogP contribution in [0.25, 0.3) is 0 Å². The molecule has 0 aliphatic heterocycles. The zero-order chi connectivity index (χ0) is 64.0. The van der Waals surface area contributed by atoms with Crippen LogP contribution in [0.2, 0.25) is 0 Å². The van der Waals surface area contributed by atoms with Crippen molar-refractivity contribution in [3.8, 4) is 0 Å². The predicted octanol–water partition coefficient (Wildman–Crippen LogP) is 21.6. The van der Waals surface area contributed by atoms with Gasteiger partial charge in [0.05, 0.1) is 40.3 Å². The molecule has 0 aliphatic rings. The zero-order valence-electron chi connectivity index (χ0n) is 57.8. The van der Waals surface area contributed by atoms with Crippen molar-refractivity contribution in [1.82, 2.24) is 0 Å². The Kier molecular flexibility index (Phi) is 65.7. The average Bonchev–Trinajstić information content (AvgIpc) is 3.62. The van der Waals surface area contributed by atoms with Gasteiger partial charge in [0.15, 0.2) is 12.4 Å². The van der Waals surface area contributed by atoms with E-state index in [4.69, 9.17) is 18.9 Å². The smallest absolute Gasteiger partial charge is 0.306 e. The van der Waals surface area contributed by atoms with E-state index in [1.54, 1.807) is 0 Å². The number of unbranched alkanes of at least 4 members (excludes halogenated alkanes) is 34. The topological polar surface area (TPSA) is 111 Å². The van der Waals surface area contributed by atoms with Crippen molar-refractivity contribution in [3.05, 3.63) is 109 Å². The number of allylic oxidation sites excluding steroid dienone is 18. The zero-order valence-corrected chi connectivity index (χ0v) is 57.8. The number of carboxylic acid groups (broad SMARTS) is 1. The van der Waals surface area contributed by atoms with Gasteiger partial charge in [-0.05, 0) is 83.5 Å². The number of likely N-dealkylation sites (N-methyl/N-ethyl adjacent to an activating group) is 1. The minimum Gasteiger partial charge on any atom is -0.545 e. The van der Waals surface area contributed by atoms with E-state index in [-0.39, 0.29) is 38.6 Å². The van der Waals surface area contributed by atoms with Gasteiger partial charge in [0, 0.05) is 12.8 Å². The lowest BCUT2D eigenvalue weighted by Gasteiger charge is -2.26. The number of carbonyl (C=O) groups is 3. The second-order valence-electron chi connectivity index (χ2n) is 25.5. The Morgan fingerprint density at radius 3 is 0.966 bits per heavy atom. The quantitative estimate of drug-likeness (QED) is 0.0195. The summed E-state index contributed by atoms with van der Waals surface area (Å²) in [4.78, 5) is 37.5. The van der Waals surface area contributed by atoms with Crippen molar-refractivity contribution >= 4 is 17.9 Å². The van der Waals surface area contributed by atoms with Crippen LogP contribution in [0.4, 0.5) is 0 Å². The Morgan fingerprint density at radius 2 is 0.648 bits per heavy atom. The van der Waals surface area contributed by atoms with Gasteiger partial charge >= 0.3 is 11.9 Å². The summed E-state index contributed by atoms with van der Waals surface area (Å²) in [6.45, 7) is 4.64. The summed E-state index contributed by atoms with van der Waals surface area (Å²) in [5, 5.41) is 11.8. The molecule has 0 aromatic carbocycles. The highest BCUT2D eigenvalue weighted by Crippen LogP contribution is 2.18. The van der Waals surface area contributed by atoms with E-state index >= 15 is 0 Å². The molecule has 9 heteroatoms. The normalized spacial score (nSPS) is 13.3. The number of carboxylic acids is 1. The first-order chi connectivity index (χ1) is 43.1. The van der Waals surface area contributed by atoms with Crippen LogP contribution >= 0.6 is 0 Å². The van der Waals surface area contributed by atoms with Gasteiger partial charge in [-0.3, -0.25) is 9.59 Å². The van der Waals surface area contributed by atoms with Crippen molar-refractivity contribution < 1.29 is 42.9 Å². The number of aliphatic carboxylic acids is 1. The van der Waals surface area contributed by atoms with Crippen LogP contribution < -0.4 is 5.11 Å². The van der Waals surface area contributed by atoms with Crippen LogP contribution in [-0.2, 0) is 33.3 Å². The summed E-state index contributed by atoms with van der Waals surface area (Å²) in [7, 11) is 5.92. The van der Waals surface area contributed by atoms with E-state index in [2.05, 4.69) is 123 Å². The van der Waals surface area contributed by atoms with Crippen LogP contribution in [-0.4, -0.2) is 82.3 Å². The molecule has 88 heavy (non-hydrogen) atoms. The molecule has 0 bridgehead atoms. The van der Waals surface area contributed by atoms with Gasteiger partial charge in [0.2, 0.25) is 0 Å². The van der Waals surface area contributed by atoms with Gasteiger partial charge in [-0.1, -0.05) is 329 Å². The predicted molar refractivity (Wildman–Crippen MR) is 375 cm³/mol. The standard InChI is InChI=1S/C79H137NO8/c1-6-8-10-12-14-16-18-20-22-24-26-28-30-32-34-36-38-39-40-42-44-46-48-50-52-54-56-58-60-62-64-66-68-70-77(82)88-75(74-87-79(78(83)84)85-72-71-80(3,4)5)73-86-76(81)69-67-65-63-61-59-57-55-53-51-49-47-45-43-41-37-35-33-31-29-27-25-23-21-19-17-15-13-11-9-7-2/h8,10,14,16,20,22,26,28,32,34,38-39,42,44,48,50,54,56,75,79H,6-7,9,11-13,15,17-19,21,23-25,27,29-31,33,35-37,40-41,43,45-47,49,51-53,55,57-74H2,1-5H3/b10-8-,16-14-,22-20-,28-26-,34-32-,39-38-,44-42-,50-48-,56-54-. The molecule has 2 atom stereocenters. The van der Waals surface area contributed by atoms with E-state index in [0.717, 1.165) is 109 Å². The molecule has 0 aromatic heterocycles. The van der Waals surface area contributed by atoms with Gasteiger partial charge in [-0.15, -0.1) is 0 Å². The van der Waals surface area contributed by atoms with E-state index in [0.29, 0.717) is 17.4 Å². The van der Waals surface area contributed by atoms with E-state index < -0.39 is 24.3 Å². The average molecular weight is 1230 g/mol. The monoisotopic (exact) mass is 1230 g/mol. The number of esters is 2. The second kappa shape index (κ2) is 68.9. The Balaban J connectivity index is 4.16. The van der Waals surface area contributed by atoms with E-state index in [9.17, 15) is 19.5 Å². The van der Waals surface area contributed by atoms with Crippen LogP contribution in [0.3, 0.4) is 0 Å². The molecule has 0 heterocycles. The maximum atomic E-state index is 12.9. The number of nitrogens with zero attached hydrogens (tertiary/aromatic N) is 1.